The van der Waals surface area contributed by atoms with Crippen molar-refractivity contribution in [2.75, 3.05) is 10.6 Å². The third-order valence-electron chi connectivity index (χ3n) is 3.33. The van der Waals surface area contributed by atoms with Crippen LogP contribution in [0.1, 0.15) is 16.7 Å². The van der Waals surface area contributed by atoms with E-state index in [-0.39, 0.29) is 12.4 Å². The minimum absolute atomic E-state index is 0.185. The van der Waals surface area contributed by atoms with Crippen LogP contribution in [0.2, 0.25) is 0 Å². The normalized spacial score (nSPS) is 11.4. The zero-order valence-corrected chi connectivity index (χ0v) is 13.1. The van der Waals surface area contributed by atoms with Crippen LogP contribution < -0.4 is 4.31 Å². The average molecular weight is 307 g/mol. The highest BCUT2D eigenvalue weighted by molar-refractivity contribution is 7.92. The number of nitrogens with zero attached hydrogens (tertiary/aromatic N) is 1. The fraction of sp³-hybridized carbons (Fsp3) is 0.250. The van der Waals surface area contributed by atoms with E-state index in [1.807, 2.05) is 32.0 Å². The van der Waals surface area contributed by atoms with Gasteiger partial charge in [0.2, 0.25) is 10.0 Å². The van der Waals surface area contributed by atoms with Crippen molar-refractivity contribution in [2.24, 2.45) is 0 Å². The highest BCUT2D eigenvalue weighted by atomic mass is 32.2. The van der Waals surface area contributed by atoms with Crippen molar-refractivity contribution in [3.8, 4) is 0 Å². The Morgan fingerprint density at radius 2 is 1.52 bits per heavy atom. The molecule has 0 radical (unpaired) electrons. The highest BCUT2D eigenvalue weighted by Crippen LogP contribution is 2.28. The molecule has 21 heavy (non-hydrogen) atoms. The molecule has 2 aromatic carbocycles. The standard InChI is InChI=1S/C16H18FNO2S/c1-12-5-4-6-13(2)16(12)18(21(3,19)20)11-14-7-9-15(17)10-8-14/h4-10H,11H2,1-3H3. The second-order valence-corrected chi connectivity index (χ2v) is 7.04. The van der Waals surface area contributed by atoms with Gasteiger partial charge in [-0.2, -0.15) is 0 Å². The summed E-state index contributed by atoms with van der Waals surface area (Å²) in [5.74, 6) is -0.336. The number of hydrogen-bond acceptors (Lipinski definition) is 2. The van der Waals surface area contributed by atoms with Crippen molar-refractivity contribution in [1.82, 2.24) is 0 Å². The second-order valence-electron chi connectivity index (χ2n) is 5.14. The number of rotatable bonds is 4. The monoisotopic (exact) mass is 307 g/mol. The molecule has 0 spiro atoms. The lowest BCUT2D eigenvalue weighted by Gasteiger charge is -2.26. The summed E-state index contributed by atoms with van der Waals surface area (Å²) in [5, 5.41) is 0. The molecule has 3 nitrogen and oxygen atoms in total. The Morgan fingerprint density at radius 1 is 1.00 bits per heavy atom. The van der Waals surface area contributed by atoms with E-state index in [1.54, 1.807) is 12.1 Å². The lowest BCUT2D eigenvalue weighted by Crippen LogP contribution is -2.30. The van der Waals surface area contributed by atoms with Gasteiger partial charge in [-0.1, -0.05) is 30.3 Å². The van der Waals surface area contributed by atoms with Crippen LogP contribution in [-0.2, 0) is 16.6 Å². The van der Waals surface area contributed by atoms with E-state index in [2.05, 4.69) is 0 Å². The minimum Gasteiger partial charge on any atom is -0.266 e. The summed E-state index contributed by atoms with van der Waals surface area (Å²) in [4.78, 5) is 0. The molecule has 0 aromatic heterocycles. The maximum absolute atomic E-state index is 13.0. The maximum Gasteiger partial charge on any atom is 0.232 e. The van der Waals surface area contributed by atoms with Crippen molar-refractivity contribution in [3.63, 3.8) is 0 Å². The minimum atomic E-state index is -3.43. The molecule has 0 atom stereocenters. The number of benzene rings is 2. The summed E-state index contributed by atoms with van der Waals surface area (Å²) in [5.41, 5.74) is 3.21. The van der Waals surface area contributed by atoms with Crippen LogP contribution in [0, 0.1) is 19.7 Å². The van der Waals surface area contributed by atoms with E-state index < -0.39 is 10.0 Å². The quantitative estimate of drug-likeness (QED) is 0.868. The highest BCUT2D eigenvalue weighted by Gasteiger charge is 2.21. The zero-order chi connectivity index (χ0) is 15.6. The molecule has 0 fully saturated rings. The van der Waals surface area contributed by atoms with Crippen molar-refractivity contribution >= 4 is 15.7 Å². The molecule has 2 rings (SSSR count). The number of aryl methyl sites for hydroxylation is 2. The van der Waals surface area contributed by atoms with E-state index in [9.17, 15) is 12.8 Å². The number of sulfonamides is 1. The molecule has 0 N–H and O–H groups in total. The molecule has 0 saturated heterocycles. The van der Waals surface area contributed by atoms with Gasteiger partial charge in [0.1, 0.15) is 5.82 Å². The molecule has 0 saturated carbocycles. The summed E-state index contributed by atoms with van der Waals surface area (Å²) >= 11 is 0. The molecule has 0 aliphatic heterocycles. The van der Waals surface area contributed by atoms with E-state index in [0.29, 0.717) is 5.69 Å². The van der Waals surface area contributed by atoms with Gasteiger partial charge in [-0.25, -0.2) is 12.8 Å². The Kier molecular flexibility index (Phi) is 4.32. The summed E-state index contributed by atoms with van der Waals surface area (Å²) in [7, 11) is -3.43. The van der Waals surface area contributed by atoms with Crippen LogP contribution in [0.4, 0.5) is 10.1 Å². The molecule has 0 aliphatic rings. The average Bonchev–Trinajstić information content (AvgIpc) is 2.38. The molecule has 2 aromatic rings. The summed E-state index contributed by atoms with van der Waals surface area (Å²) < 4.78 is 38.7. The summed E-state index contributed by atoms with van der Waals surface area (Å²) in [6.45, 7) is 3.95. The molecule has 0 aliphatic carbocycles. The van der Waals surface area contributed by atoms with Crippen molar-refractivity contribution in [1.29, 1.82) is 0 Å². The first-order chi connectivity index (χ1) is 9.79. The van der Waals surface area contributed by atoms with Crippen LogP contribution in [0.25, 0.3) is 0 Å². The SMILES string of the molecule is Cc1cccc(C)c1N(Cc1ccc(F)cc1)S(C)(=O)=O. The molecule has 0 heterocycles. The Labute approximate surface area is 125 Å². The van der Waals surface area contributed by atoms with Crippen molar-refractivity contribution in [3.05, 3.63) is 65.0 Å². The van der Waals surface area contributed by atoms with E-state index in [0.717, 1.165) is 16.7 Å². The van der Waals surface area contributed by atoms with Crippen LogP contribution in [0.3, 0.4) is 0 Å². The molecule has 0 bridgehead atoms. The summed E-state index contributed by atoms with van der Waals surface area (Å²) in [6, 6.07) is 11.5. The zero-order valence-electron chi connectivity index (χ0n) is 12.3. The van der Waals surface area contributed by atoms with Gasteiger partial charge in [-0.05, 0) is 42.7 Å². The lowest BCUT2D eigenvalue weighted by molar-refractivity contribution is 0.596. The smallest absolute Gasteiger partial charge is 0.232 e. The molecule has 5 heteroatoms. The van der Waals surface area contributed by atoms with E-state index in [4.69, 9.17) is 0 Å². The topological polar surface area (TPSA) is 37.4 Å². The fourth-order valence-electron chi connectivity index (χ4n) is 2.32. The van der Waals surface area contributed by atoms with Crippen LogP contribution in [0.15, 0.2) is 42.5 Å². The van der Waals surface area contributed by atoms with Gasteiger partial charge in [-0.3, -0.25) is 4.31 Å². The van der Waals surface area contributed by atoms with Crippen molar-refractivity contribution in [2.45, 2.75) is 20.4 Å². The predicted octanol–water partition coefficient (Wildman–Crippen LogP) is 3.41. The first-order valence-corrected chi connectivity index (χ1v) is 8.42. The van der Waals surface area contributed by atoms with Gasteiger partial charge in [0, 0.05) is 0 Å². The lowest BCUT2D eigenvalue weighted by atomic mass is 10.1. The van der Waals surface area contributed by atoms with Crippen molar-refractivity contribution < 1.29 is 12.8 Å². The number of halogens is 1. The van der Waals surface area contributed by atoms with Gasteiger partial charge < -0.3 is 0 Å². The largest absolute Gasteiger partial charge is 0.266 e. The van der Waals surface area contributed by atoms with Gasteiger partial charge in [0.25, 0.3) is 0 Å². The first kappa shape index (κ1) is 15.5. The Morgan fingerprint density at radius 3 is 2.00 bits per heavy atom. The number of hydrogen-bond donors (Lipinski definition) is 0. The molecule has 112 valence electrons. The van der Waals surface area contributed by atoms with E-state index >= 15 is 0 Å². The fourth-order valence-corrected chi connectivity index (χ4v) is 3.32. The molecular formula is C16H18FNO2S. The Bertz CT molecular complexity index is 719. The third-order valence-corrected chi connectivity index (χ3v) is 4.44. The maximum atomic E-state index is 13.0. The Hall–Kier alpha value is -1.88. The molecule has 0 unspecified atom stereocenters. The number of anilines is 1. The second kappa shape index (κ2) is 5.85. The van der Waals surface area contributed by atoms with Gasteiger partial charge >= 0.3 is 0 Å². The van der Waals surface area contributed by atoms with E-state index in [1.165, 1.54) is 22.7 Å². The van der Waals surface area contributed by atoms with Gasteiger partial charge in [0.15, 0.2) is 0 Å². The van der Waals surface area contributed by atoms with Gasteiger partial charge in [0.05, 0.1) is 18.5 Å². The van der Waals surface area contributed by atoms with Gasteiger partial charge in [-0.15, -0.1) is 0 Å². The molecule has 0 amide bonds. The molecular weight excluding hydrogens is 289 g/mol. The van der Waals surface area contributed by atoms with Crippen LogP contribution in [0.5, 0.6) is 0 Å². The van der Waals surface area contributed by atoms with Crippen LogP contribution in [-0.4, -0.2) is 14.7 Å². The Balaban J connectivity index is 2.48. The summed E-state index contributed by atoms with van der Waals surface area (Å²) in [6.07, 6.45) is 1.18. The predicted molar refractivity (Wildman–Crippen MR) is 83.3 cm³/mol. The number of para-hydroxylation sites is 1. The third kappa shape index (κ3) is 3.61. The first-order valence-electron chi connectivity index (χ1n) is 6.57. The van der Waals surface area contributed by atoms with Crippen LogP contribution >= 0.6 is 0 Å².